The van der Waals surface area contributed by atoms with Gasteiger partial charge in [0.15, 0.2) is 0 Å². The Kier molecular flexibility index (Phi) is 4.31. The number of hydrogen-bond donors (Lipinski definition) is 0. The number of halogens is 1. The highest BCUT2D eigenvalue weighted by molar-refractivity contribution is 5.90. The van der Waals surface area contributed by atoms with Crippen molar-refractivity contribution >= 4 is 11.6 Å². The first-order valence-corrected chi connectivity index (χ1v) is 7.72. The minimum absolute atomic E-state index is 0.253. The summed E-state index contributed by atoms with van der Waals surface area (Å²) in [4.78, 5) is 0. The smallest absolute Gasteiger partial charge is 0.123 e. The molecule has 0 amide bonds. The van der Waals surface area contributed by atoms with Gasteiger partial charge >= 0.3 is 0 Å². The quantitative estimate of drug-likeness (QED) is 0.603. The number of nitrogens with zero attached hydrogens (tertiary/aromatic N) is 2. The maximum absolute atomic E-state index is 13.2. The lowest BCUT2D eigenvalue weighted by Gasteiger charge is -2.09. The van der Waals surface area contributed by atoms with Gasteiger partial charge in [0, 0.05) is 17.1 Å². The van der Waals surface area contributed by atoms with Gasteiger partial charge in [0.1, 0.15) is 5.82 Å². The zero-order valence-electron chi connectivity index (χ0n) is 13.6. The molecule has 0 aliphatic carbocycles. The summed E-state index contributed by atoms with van der Waals surface area (Å²) in [6.45, 7) is 4.00. The van der Waals surface area contributed by atoms with Crippen molar-refractivity contribution in [3.63, 3.8) is 0 Å². The van der Waals surface area contributed by atoms with Gasteiger partial charge in [-0.1, -0.05) is 30.3 Å². The van der Waals surface area contributed by atoms with Gasteiger partial charge in [0.05, 0.1) is 11.6 Å². The molecule has 0 saturated heterocycles. The first-order valence-electron chi connectivity index (χ1n) is 7.72. The van der Waals surface area contributed by atoms with Crippen molar-refractivity contribution in [2.75, 3.05) is 0 Å². The normalized spacial score (nSPS) is 11.3. The first-order chi connectivity index (χ1) is 11.6. The number of hydrogen-bond acceptors (Lipinski definition) is 1. The van der Waals surface area contributed by atoms with Crippen molar-refractivity contribution in [3.05, 3.63) is 89.0 Å². The van der Waals surface area contributed by atoms with E-state index in [0.717, 1.165) is 28.2 Å². The number of rotatable bonds is 3. The molecule has 0 radical (unpaired) electrons. The van der Waals surface area contributed by atoms with E-state index in [2.05, 4.69) is 10.6 Å². The van der Waals surface area contributed by atoms with Crippen molar-refractivity contribution in [1.29, 1.82) is 5.26 Å². The molecule has 0 aliphatic rings. The van der Waals surface area contributed by atoms with E-state index in [1.54, 1.807) is 12.1 Å². The molecule has 2 aromatic carbocycles. The summed E-state index contributed by atoms with van der Waals surface area (Å²) >= 11 is 0. The third-order valence-electron chi connectivity index (χ3n) is 4.06. The molecule has 3 rings (SSSR count). The van der Waals surface area contributed by atoms with Crippen LogP contribution in [0.3, 0.4) is 0 Å². The summed E-state index contributed by atoms with van der Waals surface area (Å²) in [5.74, 6) is -0.253. The molecular weight excluding hydrogens is 299 g/mol. The Morgan fingerprint density at radius 1 is 1.04 bits per heavy atom. The Balaban J connectivity index is 2.08. The average molecular weight is 316 g/mol. The Morgan fingerprint density at radius 2 is 1.71 bits per heavy atom. The molecule has 1 aromatic heterocycles. The molecule has 24 heavy (non-hydrogen) atoms. The van der Waals surface area contributed by atoms with E-state index in [1.165, 1.54) is 12.1 Å². The van der Waals surface area contributed by atoms with E-state index in [1.807, 2.05) is 56.3 Å². The lowest BCUT2D eigenvalue weighted by Crippen LogP contribution is -1.99. The molecule has 0 aliphatic heterocycles. The molecule has 2 nitrogen and oxygen atoms in total. The van der Waals surface area contributed by atoms with Crippen molar-refractivity contribution in [3.8, 4) is 11.8 Å². The lowest BCUT2D eigenvalue weighted by atomic mass is 10.0. The second kappa shape index (κ2) is 6.55. The van der Waals surface area contributed by atoms with Crippen LogP contribution in [0.4, 0.5) is 4.39 Å². The predicted molar refractivity (Wildman–Crippen MR) is 95.1 cm³/mol. The Morgan fingerprint density at radius 3 is 2.33 bits per heavy atom. The molecule has 3 heteroatoms. The third-order valence-corrected chi connectivity index (χ3v) is 4.06. The van der Waals surface area contributed by atoms with Gasteiger partial charge in [-0.25, -0.2) is 4.39 Å². The summed E-state index contributed by atoms with van der Waals surface area (Å²) in [6.07, 6.45) is 1.90. The van der Waals surface area contributed by atoms with Crippen LogP contribution >= 0.6 is 0 Å². The van der Waals surface area contributed by atoms with E-state index in [-0.39, 0.29) is 5.82 Å². The summed E-state index contributed by atoms with van der Waals surface area (Å²) in [5.41, 5.74) is 5.46. The summed E-state index contributed by atoms with van der Waals surface area (Å²) in [7, 11) is 0. The average Bonchev–Trinajstić information content (AvgIpc) is 2.88. The maximum Gasteiger partial charge on any atom is 0.123 e. The van der Waals surface area contributed by atoms with Crippen molar-refractivity contribution in [2.24, 2.45) is 0 Å². The molecular formula is C21H17FN2. The summed E-state index contributed by atoms with van der Waals surface area (Å²) in [6, 6.07) is 20.3. The number of aryl methyl sites for hydroxylation is 1. The van der Waals surface area contributed by atoms with E-state index in [9.17, 15) is 9.65 Å². The van der Waals surface area contributed by atoms with Crippen LogP contribution in [0.25, 0.3) is 17.3 Å². The van der Waals surface area contributed by atoms with Gasteiger partial charge in [-0.3, -0.25) is 0 Å². The molecule has 0 saturated carbocycles. The van der Waals surface area contributed by atoms with E-state index < -0.39 is 0 Å². The minimum Gasteiger partial charge on any atom is -0.318 e. The molecule has 118 valence electrons. The number of nitriles is 1. The molecule has 0 fully saturated rings. The zero-order chi connectivity index (χ0) is 17.1. The molecule has 0 spiro atoms. The van der Waals surface area contributed by atoms with Crippen LogP contribution in [-0.4, -0.2) is 4.57 Å². The fraction of sp³-hybridized carbons (Fsp3) is 0.0952. The number of benzene rings is 2. The Hall–Kier alpha value is -3.12. The Labute approximate surface area is 141 Å². The van der Waals surface area contributed by atoms with Crippen molar-refractivity contribution < 1.29 is 4.39 Å². The summed E-state index contributed by atoms with van der Waals surface area (Å²) < 4.78 is 15.2. The van der Waals surface area contributed by atoms with Crippen LogP contribution in [0, 0.1) is 31.0 Å². The predicted octanol–water partition coefficient (Wildman–Crippen LogP) is 5.30. The Bertz CT molecular complexity index is 926. The van der Waals surface area contributed by atoms with Crippen molar-refractivity contribution in [1.82, 2.24) is 4.57 Å². The van der Waals surface area contributed by atoms with Gasteiger partial charge in [0.25, 0.3) is 0 Å². The van der Waals surface area contributed by atoms with Crippen LogP contribution in [0.2, 0.25) is 0 Å². The zero-order valence-corrected chi connectivity index (χ0v) is 13.6. The van der Waals surface area contributed by atoms with Gasteiger partial charge in [-0.15, -0.1) is 0 Å². The van der Waals surface area contributed by atoms with Crippen LogP contribution in [0.15, 0.2) is 60.7 Å². The van der Waals surface area contributed by atoms with E-state index in [4.69, 9.17) is 0 Å². The SMILES string of the molecule is Cc1cc(/C=C(/C#N)c2ccccc2)c(C)n1-c1ccc(F)cc1. The number of allylic oxidation sites excluding steroid dienone is 1. The maximum atomic E-state index is 13.2. The van der Waals surface area contributed by atoms with Crippen molar-refractivity contribution in [2.45, 2.75) is 13.8 Å². The molecule has 0 N–H and O–H groups in total. The third kappa shape index (κ3) is 3.00. The molecule has 0 unspecified atom stereocenters. The van der Waals surface area contributed by atoms with Crippen LogP contribution < -0.4 is 0 Å². The standard InChI is InChI=1S/C21H17FN2/c1-15-12-18(13-19(14-23)17-6-4-3-5-7-17)16(2)24(15)21-10-8-20(22)9-11-21/h3-13H,1-2H3/b19-13-. The molecule has 1 heterocycles. The van der Waals surface area contributed by atoms with Gasteiger partial charge < -0.3 is 4.57 Å². The van der Waals surface area contributed by atoms with Gasteiger partial charge in [0.2, 0.25) is 0 Å². The van der Waals surface area contributed by atoms with Gasteiger partial charge in [-0.2, -0.15) is 5.26 Å². The van der Waals surface area contributed by atoms with Crippen LogP contribution in [0.1, 0.15) is 22.5 Å². The van der Waals surface area contributed by atoms with Crippen LogP contribution in [0.5, 0.6) is 0 Å². The minimum atomic E-state index is -0.253. The fourth-order valence-corrected chi connectivity index (χ4v) is 2.87. The number of aromatic nitrogens is 1. The van der Waals surface area contributed by atoms with Crippen LogP contribution in [-0.2, 0) is 0 Å². The second-order valence-corrected chi connectivity index (χ2v) is 5.67. The molecule has 0 bridgehead atoms. The highest BCUT2D eigenvalue weighted by Gasteiger charge is 2.11. The fourth-order valence-electron chi connectivity index (χ4n) is 2.87. The van der Waals surface area contributed by atoms with E-state index >= 15 is 0 Å². The highest BCUT2D eigenvalue weighted by Crippen LogP contribution is 2.25. The summed E-state index contributed by atoms with van der Waals surface area (Å²) in [5, 5.41) is 9.49. The second-order valence-electron chi connectivity index (χ2n) is 5.67. The highest BCUT2D eigenvalue weighted by atomic mass is 19.1. The molecule has 3 aromatic rings. The van der Waals surface area contributed by atoms with Gasteiger partial charge in [-0.05, 0) is 61.4 Å². The molecule has 0 atom stereocenters. The monoisotopic (exact) mass is 316 g/mol. The van der Waals surface area contributed by atoms with E-state index in [0.29, 0.717) is 5.57 Å². The largest absolute Gasteiger partial charge is 0.318 e. The first kappa shape index (κ1) is 15.8. The lowest BCUT2D eigenvalue weighted by molar-refractivity contribution is 0.627. The topological polar surface area (TPSA) is 28.7 Å².